The van der Waals surface area contributed by atoms with Crippen LogP contribution in [0.4, 0.5) is 11.6 Å². The van der Waals surface area contributed by atoms with Crippen LogP contribution in [0.5, 0.6) is 0 Å². The molecule has 7 heteroatoms. The van der Waals surface area contributed by atoms with Crippen LogP contribution in [0.15, 0.2) is 43.0 Å². The van der Waals surface area contributed by atoms with E-state index >= 15 is 0 Å². The lowest BCUT2D eigenvalue weighted by Crippen LogP contribution is -2.32. The summed E-state index contributed by atoms with van der Waals surface area (Å²) in [6.45, 7) is 1.75. The van der Waals surface area contributed by atoms with Crippen molar-refractivity contribution in [2.45, 2.75) is 13.0 Å². The van der Waals surface area contributed by atoms with Gasteiger partial charge in [-0.3, -0.25) is 9.78 Å². The smallest absolute Gasteiger partial charge is 0.247 e. The van der Waals surface area contributed by atoms with Crippen molar-refractivity contribution in [2.24, 2.45) is 0 Å². The van der Waals surface area contributed by atoms with Crippen molar-refractivity contribution in [1.29, 1.82) is 0 Å². The first-order valence-electron chi connectivity index (χ1n) is 5.50. The first-order chi connectivity index (χ1) is 8.75. The van der Waals surface area contributed by atoms with E-state index < -0.39 is 6.04 Å². The molecule has 0 aromatic carbocycles. The standard InChI is InChI=1S/C12H13N5O.ClH/c1-9(16-10-4-2-3-5-14-10)12(18)17-11-8-13-6-7-15-11;/h2-9H,1H3,(H,14,16)(H,15,17,18);1H/t9-;/m1./s1. The molecule has 0 bridgehead atoms. The first kappa shape index (κ1) is 14.8. The number of anilines is 2. The molecule has 100 valence electrons. The van der Waals surface area contributed by atoms with Gasteiger partial charge in [0.25, 0.3) is 0 Å². The van der Waals surface area contributed by atoms with Crippen molar-refractivity contribution in [1.82, 2.24) is 15.0 Å². The number of nitrogens with zero attached hydrogens (tertiary/aromatic N) is 3. The largest absolute Gasteiger partial charge is 0.359 e. The van der Waals surface area contributed by atoms with Crippen LogP contribution in [0.2, 0.25) is 0 Å². The lowest BCUT2D eigenvalue weighted by atomic mass is 10.3. The van der Waals surface area contributed by atoms with Gasteiger partial charge in [0.2, 0.25) is 5.91 Å². The summed E-state index contributed by atoms with van der Waals surface area (Å²) in [4.78, 5) is 23.8. The monoisotopic (exact) mass is 279 g/mol. The molecule has 6 nitrogen and oxygen atoms in total. The Morgan fingerprint density at radius 1 is 1.16 bits per heavy atom. The van der Waals surface area contributed by atoms with Gasteiger partial charge in [-0.25, -0.2) is 9.97 Å². The van der Waals surface area contributed by atoms with Crippen LogP contribution in [0.3, 0.4) is 0 Å². The molecule has 2 aromatic rings. The summed E-state index contributed by atoms with van der Waals surface area (Å²) in [6.07, 6.45) is 6.22. The van der Waals surface area contributed by atoms with Crippen LogP contribution in [0, 0.1) is 0 Å². The average molecular weight is 280 g/mol. The number of halogens is 1. The normalized spacial score (nSPS) is 11.0. The predicted octanol–water partition coefficient (Wildman–Crippen LogP) is 1.73. The average Bonchev–Trinajstić information content (AvgIpc) is 2.41. The number of nitrogens with one attached hydrogen (secondary N) is 2. The first-order valence-corrected chi connectivity index (χ1v) is 5.50. The molecule has 2 aromatic heterocycles. The molecule has 0 aliphatic heterocycles. The van der Waals surface area contributed by atoms with E-state index in [1.807, 2.05) is 12.1 Å². The Bertz CT molecular complexity index is 508. The van der Waals surface area contributed by atoms with Gasteiger partial charge in [0.1, 0.15) is 11.9 Å². The van der Waals surface area contributed by atoms with Gasteiger partial charge in [-0.1, -0.05) is 6.07 Å². The second-order valence-electron chi connectivity index (χ2n) is 3.66. The van der Waals surface area contributed by atoms with Gasteiger partial charge in [0.05, 0.1) is 6.20 Å². The lowest BCUT2D eigenvalue weighted by Gasteiger charge is -2.13. The highest BCUT2D eigenvalue weighted by Crippen LogP contribution is 2.04. The van der Waals surface area contributed by atoms with Gasteiger partial charge in [-0.2, -0.15) is 0 Å². The van der Waals surface area contributed by atoms with Crippen molar-refractivity contribution in [3.05, 3.63) is 43.0 Å². The van der Waals surface area contributed by atoms with Gasteiger partial charge in [-0.05, 0) is 19.1 Å². The van der Waals surface area contributed by atoms with E-state index in [9.17, 15) is 4.79 Å². The van der Waals surface area contributed by atoms with Gasteiger partial charge >= 0.3 is 0 Å². The fourth-order valence-electron chi connectivity index (χ4n) is 1.33. The predicted molar refractivity (Wildman–Crippen MR) is 75.2 cm³/mol. The third-order valence-corrected chi connectivity index (χ3v) is 2.24. The number of carbonyl (C=O) groups excluding carboxylic acids is 1. The third-order valence-electron chi connectivity index (χ3n) is 2.24. The Labute approximate surface area is 117 Å². The zero-order chi connectivity index (χ0) is 12.8. The minimum absolute atomic E-state index is 0. The Hall–Kier alpha value is -2.21. The molecule has 2 rings (SSSR count). The van der Waals surface area contributed by atoms with E-state index in [1.54, 1.807) is 25.4 Å². The highest BCUT2D eigenvalue weighted by molar-refractivity contribution is 5.95. The summed E-state index contributed by atoms with van der Waals surface area (Å²) in [5, 5.41) is 5.65. The molecule has 0 saturated carbocycles. The van der Waals surface area contributed by atoms with E-state index in [-0.39, 0.29) is 18.3 Å². The van der Waals surface area contributed by atoms with Gasteiger partial charge in [0, 0.05) is 18.6 Å². The molecule has 0 aliphatic rings. The number of carbonyl (C=O) groups is 1. The maximum atomic E-state index is 11.8. The highest BCUT2D eigenvalue weighted by Gasteiger charge is 2.13. The van der Waals surface area contributed by atoms with Crippen LogP contribution in [-0.2, 0) is 4.79 Å². The molecule has 0 aliphatic carbocycles. The summed E-state index contributed by atoms with van der Waals surface area (Å²) in [6, 6.07) is 5.05. The summed E-state index contributed by atoms with van der Waals surface area (Å²) in [5.41, 5.74) is 0. The Balaban J connectivity index is 0.00000180. The summed E-state index contributed by atoms with van der Waals surface area (Å²) >= 11 is 0. The van der Waals surface area contributed by atoms with E-state index in [2.05, 4.69) is 25.6 Å². The number of pyridine rings is 1. The van der Waals surface area contributed by atoms with E-state index in [4.69, 9.17) is 0 Å². The molecular formula is C12H14ClN5O. The van der Waals surface area contributed by atoms with Crippen LogP contribution >= 0.6 is 12.4 Å². The van der Waals surface area contributed by atoms with Gasteiger partial charge in [0.15, 0.2) is 5.82 Å². The number of hydrogen-bond donors (Lipinski definition) is 2. The molecule has 0 radical (unpaired) electrons. The Morgan fingerprint density at radius 3 is 2.58 bits per heavy atom. The SMILES string of the molecule is C[C@@H](Nc1ccccn1)C(=O)Nc1cnccn1.Cl. The molecule has 2 heterocycles. The van der Waals surface area contributed by atoms with Crippen molar-refractivity contribution >= 4 is 29.9 Å². The maximum Gasteiger partial charge on any atom is 0.247 e. The number of aromatic nitrogens is 3. The quantitative estimate of drug-likeness (QED) is 0.891. The zero-order valence-corrected chi connectivity index (χ0v) is 11.1. The zero-order valence-electron chi connectivity index (χ0n) is 10.3. The van der Waals surface area contributed by atoms with Crippen molar-refractivity contribution in [3.63, 3.8) is 0 Å². The molecule has 1 atom stereocenters. The summed E-state index contributed by atoms with van der Waals surface area (Å²) in [5.74, 6) is 0.887. The number of rotatable bonds is 4. The van der Waals surface area contributed by atoms with E-state index in [1.165, 1.54) is 12.4 Å². The number of hydrogen-bond acceptors (Lipinski definition) is 5. The molecular weight excluding hydrogens is 266 g/mol. The van der Waals surface area contributed by atoms with Crippen LogP contribution < -0.4 is 10.6 Å². The molecule has 0 saturated heterocycles. The fourth-order valence-corrected chi connectivity index (χ4v) is 1.33. The second kappa shape index (κ2) is 7.27. The number of amides is 1. The summed E-state index contributed by atoms with van der Waals surface area (Å²) < 4.78 is 0. The second-order valence-corrected chi connectivity index (χ2v) is 3.66. The minimum atomic E-state index is -0.415. The molecule has 19 heavy (non-hydrogen) atoms. The van der Waals surface area contributed by atoms with Crippen LogP contribution in [0.1, 0.15) is 6.92 Å². The van der Waals surface area contributed by atoms with Crippen LogP contribution in [0.25, 0.3) is 0 Å². The fraction of sp³-hybridized carbons (Fsp3) is 0.167. The molecule has 0 spiro atoms. The third kappa shape index (κ3) is 4.51. The Morgan fingerprint density at radius 2 is 1.95 bits per heavy atom. The molecule has 2 N–H and O–H groups in total. The van der Waals surface area contributed by atoms with Crippen molar-refractivity contribution < 1.29 is 4.79 Å². The maximum absolute atomic E-state index is 11.8. The van der Waals surface area contributed by atoms with Crippen molar-refractivity contribution in [3.8, 4) is 0 Å². The van der Waals surface area contributed by atoms with E-state index in [0.29, 0.717) is 11.6 Å². The molecule has 0 fully saturated rings. The van der Waals surface area contributed by atoms with Crippen molar-refractivity contribution in [2.75, 3.05) is 10.6 Å². The molecule has 1 amide bonds. The van der Waals surface area contributed by atoms with Gasteiger partial charge in [-0.15, -0.1) is 12.4 Å². The topological polar surface area (TPSA) is 79.8 Å². The van der Waals surface area contributed by atoms with Crippen LogP contribution in [-0.4, -0.2) is 26.9 Å². The molecule has 0 unspecified atom stereocenters. The lowest BCUT2D eigenvalue weighted by molar-refractivity contribution is -0.116. The summed E-state index contributed by atoms with van der Waals surface area (Å²) in [7, 11) is 0. The Kier molecular flexibility index (Phi) is 5.69. The van der Waals surface area contributed by atoms with E-state index in [0.717, 1.165) is 0 Å². The van der Waals surface area contributed by atoms with Gasteiger partial charge < -0.3 is 10.6 Å². The highest BCUT2D eigenvalue weighted by atomic mass is 35.5. The minimum Gasteiger partial charge on any atom is -0.359 e.